The van der Waals surface area contributed by atoms with E-state index < -0.39 is 0 Å². The monoisotopic (exact) mass is 292 g/mol. The highest BCUT2D eigenvalue weighted by Gasteiger charge is 2.33. The first-order valence-electron chi connectivity index (χ1n) is 7.86. The zero-order chi connectivity index (χ0) is 15.8. The van der Waals surface area contributed by atoms with E-state index in [1.807, 2.05) is 13.8 Å². The van der Waals surface area contributed by atoms with Gasteiger partial charge in [-0.15, -0.1) is 0 Å². The van der Waals surface area contributed by atoms with Gasteiger partial charge >= 0.3 is 0 Å². The van der Waals surface area contributed by atoms with Gasteiger partial charge in [-0.25, -0.2) is 0 Å². The van der Waals surface area contributed by atoms with Crippen LogP contribution in [0.1, 0.15) is 63.6 Å². The Morgan fingerprint density at radius 2 is 2.19 bits per heavy atom. The van der Waals surface area contributed by atoms with Gasteiger partial charge in [0.1, 0.15) is 0 Å². The lowest BCUT2D eigenvalue weighted by Crippen LogP contribution is -2.31. The van der Waals surface area contributed by atoms with Crippen LogP contribution in [-0.2, 0) is 17.8 Å². The van der Waals surface area contributed by atoms with Crippen molar-refractivity contribution in [2.24, 2.45) is 5.41 Å². The van der Waals surface area contributed by atoms with Gasteiger partial charge in [-0.2, -0.15) is 0 Å². The van der Waals surface area contributed by atoms with E-state index in [2.05, 4.69) is 36.7 Å². The molecule has 1 aromatic rings. The van der Waals surface area contributed by atoms with Crippen LogP contribution in [0.3, 0.4) is 0 Å². The minimum absolute atomic E-state index is 0.0856. The largest absolute Gasteiger partial charge is 0.388 e. The molecule has 1 unspecified atom stereocenters. The lowest BCUT2D eigenvalue weighted by molar-refractivity contribution is -0.121. The van der Waals surface area contributed by atoms with Crippen molar-refractivity contribution >= 4 is 5.91 Å². The predicted molar refractivity (Wildman–Crippen MR) is 84.1 cm³/mol. The number of carbonyl (C=O) groups is 1. The number of nitrogens with zero attached hydrogens (tertiary/aromatic N) is 1. The maximum absolute atomic E-state index is 11.8. The van der Waals surface area contributed by atoms with Crippen molar-refractivity contribution in [1.29, 1.82) is 0 Å². The van der Waals surface area contributed by atoms with Crippen LogP contribution in [0.5, 0.6) is 0 Å². The molecule has 2 N–H and O–H groups in total. The molecule has 1 aromatic heterocycles. The summed E-state index contributed by atoms with van der Waals surface area (Å²) in [5.41, 5.74) is 3.49. The molecule has 1 aliphatic rings. The second kappa shape index (κ2) is 5.84. The highest BCUT2D eigenvalue weighted by atomic mass is 16.3. The van der Waals surface area contributed by atoms with Gasteiger partial charge in [-0.05, 0) is 45.1 Å². The van der Waals surface area contributed by atoms with Gasteiger partial charge in [0, 0.05) is 36.0 Å². The molecule has 118 valence electrons. The first kappa shape index (κ1) is 16.1. The van der Waals surface area contributed by atoms with Crippen LogP contribution in [0, 0.1) is 12.3 Å². The molecular formula is C17H28N2O2. The Bertz CT molecular complexity index is 529. The van der Waals surface area contributed by atoms with Gasteiger partial charge in [-0.3, -0.25) is 4.79 Å². The molecule has 0 bridgehead atoms. The molecule has 21 heavy (non-hydrogen) atoms. The van der Waals surface area contributed by atoms with Gasteiger partial charge < -0.3 is 15.0 Å². The average molecular weight is 292 g/mol. The number of rotatable bonds is 4. The Balaban J connectivity index is 2.16. The molecule has 1 atom stereocenters. The van der Waals surface area contributed by atoms with Crippen LogP contribution >= 0.6 is 0 Å². The molecule has 0 saturated carbocycles. The number of hydrogen-bond donors (Lipinski definition) is 2. The first-order valence-corrected chi connectivity index (χ1v) is 7.86. The van der Waals surface area contributed by atoms with E-state index in [9.17, 15) is 9.90 Å². The summed E-state index contributed by atoms with van der Waals surface area (Å²) in [6.45, 7) is 11.1. The van der Waals surface area contributed by atoms with Crippen LogP contribution in [0.15, 0.2) is 6.07 Å². The first-order chi connectivity index (χ1) is 9.69. The minimum atomic E-state index is -0.381. The molecule has 0 aliphatic heterocycles. The number of nitrogens with one attached hydrogen (secondary N) is 1. The summed E-state index contributed by atoms with van der Waals surface area (Å²) >= 11 is 0. The minimum Gasteiger partial charge on any atom is -0.388 e. The third kappa shape index (κ3) is 3.67. The Kier molecular flexibility index (Phi) is 4.47. The SMILES string of the molecule is Cc1cc2c(n1CCC(=O)NC(C)C)CC(C)(C)CC2O. The lowest BCUT2D eigenvalue weighted by atomic mass is 9.75. The molecular weight excluding hydrogens is 264 g/mol. The van der Waals surface area contributed by atoms with Gasteiger partial charge in [0.2, 0.25) is 5.91 Å². The van der Waals surface area contributed by atoms with E-state index in [1.54, 1.807) is 0 Å². The van der Waals surface area contributed by atoms with E-state index in [0.29, 0.717) is 13.0 Å². The maximum atomic E-state index is 11.8. The summed E-state index contributed by atoms with van der Waals surface area (Å²) in [4.78, 5) is 11.8. The highest BCUT2D eigenvalue weighted by molar-refractivity contribution is 5.76. The molecule has 1 aliphatic carbocycles. The molecule has 4 heteroatoms. The number of hydrogen-bond acceptors (Lipinski definition) is 2. The van der Waals surface area contributed by atoms with Crippen molar-refractivity contribution < 1.29 is 9.90 Å². The van der Waals surface area contributed by atoms with Crippen molar-refractivity contribution in [2.45, 2.75) is 72.6 Å². The maximum Gasteiger partial charge on any atom is 0.221 e. The molecule has 0 aromatic carbocycles. The Labute approximate surface area is 127 Å². The molecule has 1 amide bonds. The molecule has 1 heterocycles. The Morgan fingerprint density at radius 1 is 1.52 bits per heavy atom. The fraction of sp³-hybridized carbons (Fsp3) is 0.706. The van der Waals surface area contributed by atoms with Crippen molar-refractivity contribution in [2.75, 3.05) is 0 Å². The van der Waals surface area contributed by atoms with E-state index in [4.69, 9.17) is 0 Å². The number of fused-ring (bicyclic) bond motifs is 1. The summed E-state index contributed by atoms with van der Waals surface area (Å²) in [5, 5.41) is 13.3. The quantitative estimate of drug-likeness (QED) is 0.896. The van der Waals surface area contributed by atoms with E-state index >= 15 is 0 Å². The lowest BCUT2D eigenvalue weighted by Gasteiger charge is -2.34. The van der Waals surface area contributed by atoms with Crippen molar-refractivity contribution in [3.63, 3.8) is 0 Å². The summed E-state index contributed by atoms with van der Waals surface area (Å²) in [6.07, 6.45) is 1.86. The van der Waals surface area contributed by atoms with E-state index in [1.165, 1.54) is 5.69 Å². The van der Waals surface area contributed by atoms with Crippen LogP contribution in [0.25, 0.3) is 0 Å². The highest BCUT2D eigenvalue weighted by Crippen LogP contribution is 2.41. The van der Waals surface area contributed by atoms with Crippen molar-refractivity contribution in [3.05, 3.63) is 23.0 Å². The van der Waals surface area contributed by atoms with Crippen LogP contribution in [0.4, 0.5) is 0 Å². The van der Waals surface area contributed by atoms with Gasteiger partial charge in [-0.1, -0.05) is 13.8 Å². The van der Waals surface area contributed by atoms with E-state index in [0.717, 1.165) is 24.1 Å². The second-order valence-electron chi connectivity index (χ2n) is 7.37. The third-order valence-corrected chi connectivity index (χ3v) is 4.21. The van der Waals surface area contributed by atoms with Gasteiger partial charge in [0.15, 0.2) is 0 Å². The number of carbonyl (C=O) groups excluding carboxylic acids is 1. The Hall–Kier alpha value is -1.29. The van der Waals surface area contributed by atoms with Gasteiger partial charge in [0.25, 0.3) is 0 Å². The zero-order valence-corrected chi connectivity index (χ0v) is 13.9. The van der Waals surface area contributed by atoms with Crippen LogP contribution in [-0.4, -0.2) is 21.6 Å². The summed E-state index contributed by atoms with van der Waals surface area (Å²) in [7, 11) is 0. The summed E-state index contributed by atoms with van der Waals surface area (Å²) < 4.78 is 2.21. The molecule has 0 fully saturated rings. The van der Waals surface area contributed by atoms with Crippen molar-refractivity contribution in [1.82, 2.24) is 9.88 Å². The standard InChI is InChI=1S/C17H28N2O2/c1-11(2)18-16(21)6-7-19-12(3)8-13-14(19)9-17(4,5)10-15(13)20/h8,11,15,20H,6-7,9-10H2,1-5H3,(H,18,21). The smallest absolute Gasteiger partial charge is 0.221 e. The average Bonchev–Trinajstić information content (AvgIpc) is 2.61. The topological polar surface area (TPSA) is 54.3 Å². The fourth-order valence-electron chi connectivity index (χ4n) is 3.32. The number of amides is 1. The summed E-state index contributed by atoms with van der Waals surface area (Å²) in [6, 6.07) is 2.26. The number of aryl methyl sites for hydroxylation is 1. The summed E-state index contributed by atoms with van der Waals surface area (Å²) in [5.74, 6) is 0.0856. The normalized spacial score (nSPS) is 20.4. The molecule has 0 saturated heterocycles. The zero-order valence-electron chi connectivity index (χ0n) is 13.9. The molecule has 2 rings (SSSR count). The fourth-order valence-corrected chi connectivity index (χ4v) is 3.32. The molecule has 0 spiro atoms. The Morgan fingerprint density at radius 3 is 2.81 bits per heavy atom. The van der Waals surface area contributed by atoms with Crippen molar-refractivity contribution in [3.8, 4) is 0 Å². The number of aliphatic hydroxyl groups excluding tert-OH is 1. The molecule has 4 nitrogen and oxygen atoms in total. The van der Waals surface area contributed by atoms with Crippen LogP contribution < -0.4 is 5.32 Å². The second-order valence-corrected chi connectivity index (χ2v) is 7.37. The number of aliphatic hydroxyl groups is 1. The number of aromatic nitrogens is 1. The van der Waals surface area contributed by atoms with Gasteiger partial charge in [0.05, 0.1) is 6.10 Å². The van der Waals surface area contributed by atoms with E-state index in [-0.39, 0.29) is 23.5 Å². The molecule has 0 radical (unpaired) electrons. The van der Waals surface area contributed by atoms with Crippen LogP contribution in [0.2, 0.25) is 0 Å². The predicted octanol–water partition coefficient (Wildman–Crippen LogP) is 2.72. The third-order valence-electron chi connectivity index (χ3n) is 4.21.